The van der Waals surface area contributed by atoms with Crippen molar-refractivity contribution in [2.24, 2.45) is 22.7 Å². The number of allylic oxidation sites excluding steroid dienone is 1. The van der Waals surface area contributed by atoms with Gasteiger partial charge in [0.15, 0.2) is 0 Å². The maximum absolute atomic E-state index is 10.3. The number of fused-ring (bicyclic) bond motifs is 1. The van der Waals surface area contributed by atoms with E-state index < -0.39 is 5.60 Å². The first kappa shape index (κ1) is 16.8. The Hall–Kier alpha value is -0.560. The van der Waals surface area contributed by atoms with Crippen molar-refractivity contribution in [3.05, 3.63) is 24.8 Å². The molecular formula is C20H34O. The molecule has 0 aromatic rings. The predicted octanol–water partition coefficient (Wildman–Crippen LogP) is 5.50. The van der Waals surface area contributed by atoms with Crippen LogP contribution in [-0.4, -0.2) is 10.7 Å². The molecule has 2 fully saturated rings. The Morgan fingerprint density at radius 1 is 1.33 bits per heavy atom. The van der Waals surface area contributed by atoms with Crippen molar-refractivity contribution in [3.8, 4) is 0 Å². The van der Waals surface area contributed by atoms with E-state index in [1.807, 2.05) is 6.92 Å². The molecule has 0 bridgehead atoms. The molecule has 1 nitrogen and oxygen atoms in total. The number of rotatable bonds is 4. The molecule has 0 unspecified atom stereocenters. The number of aliphatic hydroxyl groups is 1. The first-order valence-corrected chi connectivity index (χ1v) is 8.66. The number of hydrogen-bond acceptors (Lipinski definition) is 1. The van der Waals surface area contributed by atoms with E-state index in [0.29, 0.717) is 16.7 Å². The van der Waals surface area contributed by atoms with E-state index in [1.165, 1.54) is 37.7 Å². The molecule has 2 aliphatic carbocycles. The second kappa shape index (κ2) is 5.57. The second-order valence-electron chi connectivity index (χ2n) is 8.75. The lowest BCUT2D eigenvalue weighted by Crippen LogP contribution is -2.49. The Kier molecular flexibility index (Phi) is 4.46. The first-order chi connectivity index (χ1) is 9.62. The molecule has 0 amide bonds. The summed E-state index contributed by atoms with van der Waals surface area (Å²) in [6.45, 7) is 17.4. The summed E-state index contributed by atoms with van der Waals surface area (Å²) >= 11 is 0. The Bertz CT molecular complexity index is 418. The summed E-state index contributed by atoms with van der Waals surface area (Å²) in [6.07, 6.45) is 10.0. The molecule has 120 valence electrons. The van der Waals surface area contributed by atoms with Crippen LogP contribution in [-0.2, 0) is 0 Å². The zero-order chi connectivity index (χ0) is 15.9. The lowest BCUT2D eigenvalue weighted by atomic mass is 9.47. The van der Waals surface area contributed by atoms with Gasteiger partial charge in [0.05, 0.1) is 5.60 Å². The van der Waals surface area contributed by atoms with Gasteiger partial charge in [-0.3, -0.25) is 0 Å². The smallest absolute Gasteiger partial charge is 0.0797 e. The molecule has 0 spiro atoms. The van der Waals surface area contributed by atoms with Crippen LogP contribution < -0.4 is 0 Å². The highest BCUT2D eigenvalue weighted by Gasteiger charge is 2.52. The van der Waals surface area contributed by atoms with Crippen LogP contribution in [0.4, 0.5) is 0 Å². The maximum Gasteiger partial charge on any atom is 0.0797 e. The van der Waals surface area contributed by atoms with Gasteiger partial charge in [-0.2, -0.15) is 0 Å². The van der Waals surface area contributed by atoms with Gasteiger partial charge < -0.3 is 5.11 Å². The monoisotopic (exact) mass is 290 g/mol. The van der Waals surface area contributed by atoms with Crippen LogP contribution >= 0.6 is 0 Å². The third-order valence-corrected chi connectivity index (χ3v) is 6.70. The average molecular weight is 290 g/mol. The normalized spacial score (nSPS) is 38.4. The molecule has 0 heterocycles. The van der Waals surface area contributed by atoms with E-state index in [2.05, 4.69) is 33.9 Å². The van der Waals surface area contributed by atoms with Crippen molar-refractivity contribution < 1.29 is 5.11 Å². The van der Waals surface area contributed by atoms with Gasteiger partial charge in [0.25, 0.3) is 0 Å². The molecule has 4 atom stereocenters. The van der Waals surface area contributed by atoms with E-state index >= 15 is 0 Å². The largest absolute Gasteiger partial charge is 0.386 e. The summed E-state index contributed by atoms with van der Waals surface area (Å²) in [5.41, 5.74) is 1.50. The molecule has 0 aliphatic heterocycles. The lowest BCUT2D eigenvalue weighted by molar-refractivity contribution is -0.0583. The lowest BCUT2D eigenvalue weighted by Gasteiger charge is -2.58. The quantitative estimate of drug-likeness (QED) is 0.678. The molecule has 0 saturated heterocycles. The van der Waals surface area contributed by atoms with Gasteiger partial charge in [0, 0.05) is 0 Å². The van der Waals surface area contributed by atoms with Gasteiger partial charge in [-0.25, -0.2) is 0 Å². The zero-order valence-corrected chi connectivity index (χ0v) is 14.5. The van der Waals surface area contributed by atoms with Gasteiger partial charge in [0.2, 0.25) is 0 Å². The molecule has 0 aromatic carbocycles. The minimum atomic E-state index is -0.742. The van der Waals surface area contributed by atoms with Crippen LogP contribution in [0.1, 0.15) is 72.6 Å². The highest BCUT2D eigenvalue weighted by atomic mass is 16.3. The van der Waals surface area contributed by atoms with E-state index in [4.69, 9.17) is 0 Å². The van der Waals surface area contributed by atoms with Crippen molar-refractivity contribution in [2.45, 2.75) is 78.2 Å². The van der Waals surface area contributed by atoms with E-state index in [-0.39, 0.29) is 0 Å². The number of hydrogen-bond donors (Lipinski definition) is 1. The molecule has 0 aromatic heterocycles. The van der Waals surface area contributed by atoms with Gasteiger partial charge in [-0.1, -0.05) is 45.4 Å². The molecule has 1 heteroatoms. The molecule has 0 radical (unpaired) electrons. The molecule has 1 N–H and O–H groups in total. The standard InChI is InChI=1S/C20H34O/c1-7-19(5,21)14-11-16-15(2)9-10-17-18(3,4)12-8-13-20(16,17)6/h7,16-17,21H,1-2,8-14H2,3-6H3/t16-,17-,19-,20-/m1/s1. The SMILES string of the molecule is C=C[C@@](C)(O)CC[C@@H]1C(=C)CC[C@@H]2C(C)(C)CCC[C@]12C. The van der Waals surface area contributed by atoms with E-state index in [9.17, 15) is 5.11 Å². The van der Waals surface area contributed by atoms with Gasteiger partial charge >= 0.3 is 0 Å². The summed E-state index contributed by atoms with van der Waals surface area (Å²) in [6, 6.07) is 0. The summed E-state index contributed by atoms with van der Waals surface area (Å²) in [7, 11) is 0. The van der Waals surface area contributed by atoms with Gasteiger partial charge in [-0.15, -0.1) is 6.58 Å². The molecule has 2 aliphatic rings. The topological polar surface area (TPSA) is 20.2 Å². The minimum Gasteiger partial charge on any atom is -0.386 e. The summed E-state index contributed by atoms with van der Waals surface area (Å²) in [4.78, 5) is 0. The fourth-order valence-electron chi connectivity index (χ4n) is 5.35. The molecule has 21 heavy (non-hydrogen) atoms. The Morgan fingerprint density at radius 2 is 2.00 bits per heavy atom. The Labute approximate surface area is 131 Å². The minimum absolute atomic E-state index is 0.369. The van der Waals surface area contributed by atoms with Crippen LogP contribution in [0.25, 0.3) is 0 Å². The highest BCUT2D eigenvalue weighted by Crippen LogP contribution is 2.61. The van der Waals surface area contributed by atoms with Crippen LogP contribution in [0.15, 0.2) is 24.8 Å². The van der Waals surface area contributed by atoms with Crippen molar-refractivity contribution in [2.75, 3.05) is 0 Å². The molecule has 2 saturated carbocycles. The van der Waals surface area contributed by atoms with Crippen molar-refractivity contribution in [1.82, 2.24) is 0 Å². The van der Waals surface area contributed by atoms with Crippen LogP contribution in [0.3, 0.4) is 0 Å². The fourth-order valence-corrected chi connectivity index (χ4v) is 5.35. The van der Waals surface area contributed by atoms with E-state index in [0.717, 1.165) is 18.8 Å². The van der Waals surface area contributed by atoms with Crippen LogP contribution in [0, 0.1) is 22.7 Å². The Morgan fingerprint density at radius 3 is 2.62 bits per heavy atom. The summed E-state index contributed by atoms with van der Waals surface area (Å²) in [5.74, 6) is 1.35. The second-order valence-corrected chi connectivity index (χ2v) is 8.75. The Balaban J connectivity index is 2.21. The molecule has 2 rings (SSSR count). The summed E-state index contributed by atoms with van der Waals surface area (Å²) < 4.78 is 0. The van der Waals surface area contributed by atoms with Gasteiger partial charge in [0.1, 0.15) is 0 Å². The first-order valence-electron chi connectivity index (χ1n) is 8.66. The summed E-state index contributed by atoms with van der Waals surface area (Å²) in [5, 5.41) is 10.3. The average Bonchev–Trinajstić information content (AvgIpc) is 2.36. The van der Waals surface area contributed by atoms with Crippen molar-refractivity contribution in [1.29, 1.82) is 0 Å². The van der Waals surface area contributed by atoms with E-state index in [1.54, 1.807) is 6.08 Å². The van der Waals surface area contributed by atoms with Crippen LogP contribution in [0.2, 0.25) is 0 Å². The highest BCUT2D eigenvalue weighted by molar-refractivity contribution is 5.16. The van der Waals surface area contributed by atoms with Crippen LogP contribution in [0.5, 0.6) is 0 Å². The van der Waals surface area contributed by atoms with Crippen molar-refractivity contribution in [3.63, 3.8) is 0 Å². The van der Waals surface area contributed by atoms with Crippen molar-refractivity contribution >= 4 is 0 Å². The zero-order valence-electron chi connectivity index (χ0n) is 14.5. The molecular weight excluding hydrogens is 256 g/mol. The fraction of sp³-hybridized carbons (Fsp3) is 0.800. The third-order valence-electron chi connectivity index (χ3n) is 6.70. The third kappa shape index (κ3) is 3.13. The van der Waals surface area contributed by atoms with Gasteiger partial charge in [-0.05, 0) is 68.1 Å². The predicted molar refractivity (Wildman–Crippen MR) is 91.1 cm³/mol. The maximum atomic E-state index is 10.3.